The highest BCUT2D eigenvalue weighted by atomic mass is 127. The Balaban J connectivity index is 0.00000300. The van der Waals surface area contributed by atoms with Crippen LogP contribution in [0.1, 0.15) is 29.2 Å². The van der Waals surface area contributed by atoms with Gasteiger partial charge in [-0.15, -0.1) is 24.0 Å². The minimum atomic E-state index is 0. The fourth-order valence-electron chi connectivity index (χ4n) is 3.17. The monoisotopic (exact) mass is 530 g/mol. The average molecular weight is 530 g/mol. The maximum atomic E-state index is 5.13. The highest BCUT2D eigenvalue weighted by Crippen LogP contribution is 2.14. The number of fused-ring (bicyclic) bond motifs is 1. The van der Waals surface area contributed by atoms with Gasteiger partial charge in [0.05, 0.1) is 6.54 Å². The summed E-state index contributed by atoms with van der Waals surface area (Å²) in [5, 5.41) is 11.4. The van der Waals surface area contributed by atoms with Crippen molar-refractivity contribution in [2.75, 3.05) is 26.5 Å². The van der Waals surface area contributed by atoms with E-state index in [1.807, 2.05) is 23.5 Å². The maximum absolute atomic E-state index is 5.13. The normalized spacial score (nSPS) is 16.1. The SMILES string of the molecule is CN=C(NCCSCc1ccc(C)cc1)NC1CCc2nc(COC)nn2C1.I. The third-order valence-corrected chi connectivity index (χ3v) is 5.70. The van der Waals surface area contributed by atoms with E-state index in [2.05, 4.69) is 56.9 Å². The Morgan fingerprint density at radius 2 is 2.14 bits per heavy atom. The zero-order chi connectivity index (χ0) is 19.8. The molecule has 9 heteroatoms. The standard InChI is InChI=1S/C20H30N6OS.HI/c1-15-4-6-16(7-5-15)14-28-11-10-22-20(21-2)23-17-8-9-19-24-18(13-27-3)25-26(19)12-17;/h4-7,17H,8-14H2,1-3H3,(H2,21,22,23);1H. The molecule has 0 radical (unpaired) electrons. The van der Waals surface area contributed by atoms with E-state index in [9.17, 15) is 0 Å². The van der Waals surface area contributed by atoms with Crippen LogP contribution in [0, 0.1) is 6.92 Å². The number of nitrogens with one attached hydrogen (secondary N) is 2. The molecule has 1 unspecified atom stereocenters. The van der Waals surface area contributed by atoms with Gasteiger partial charge >= 0.3 is 0 Å². The smallest absolute Gasteiger partial charge is 0.191 e. The van der Waals surface area contributed by atoms with E-state index in [0.29, 0.717) is 12.6 Å². The van der Waals surface area contributed by atoms with E-state index < -0.39 is 0 Å². The lowest BCUT2D eigenvalue weighted by Gasteiger charge is -2.25. The van der Waals surface area contributed by atoms with Crippen molar-refractivity contribution in [1.82, 2.24) is 25.4 Å². The summed E-state index contributed by atoms with van der Waals surface area (Å²) in [5.74, 6) is 4.72. The van der Waals surface area contributed by atoms with Crippen LogP contribution < -0.4 is 10.6 Å². The fraction of sp³-hybridized carbons (Fsp3) is 0.550. The summed E-state index contributed by atoms with van der Waals surface area (Å²) >= 11 is 1.93. The van der Waals surface area contributed by atoms with Gasteiger partial charge in [-0.3, -0.25) is 4.99 Å². The Hall–Kier alpha value is -1.33. The molecule has 1 aliphatic heterocycles. The lowest BCUT2D eigenvalue weighted by Crippen LogP contribution is -2.47. The van der Waals surface area contributed by atoms with Crippen LogP contribution in [0.15, 0.2) is 29.3 Å². The number of ether oxygens (including phenoxy) is 1. The Bertz CT molecular complexity index is 780. The van der Waals surface area contributed by atoms with Gasteiger partial charge in [0.1, 0.15) is 12.4 Å². The molecule has 7 nitrogen and oxygen atoms in total. The van der Waals surface area contributed by atoms with Gasteiger partial charge in [0, 0.05) is 44.7 Å². The van der Waals surface area contributed by atoms with E-state index >= 15 is 0 Å². The number of rotatable bonds is 8. The first-order valence-corrected chi connectivity index (χ1v) is 10.9. The average Bonchev–Trinajstić information content (AvgIpc) is 3.10. The number of methoxy groups -OCH3 is 1. The molecule has 2 aromatic rings. The largest absolute Gasteiger partial charge is 0.377 e. The van der Waals surface area contributed by atoms with E-state index in [-0.39, 0.29) is 24.0 Å². The van der Waals surface area contributed by atoms with Crippen molar-refractivity contribution in [2.45, 2.75) is 44.7 Å². The zero-order valence-corrected chi connectivity index (χ0v) is 20.5. The summed E-state index contributed by atoms with van der Waals surface area (Å²) in [6, 6.07) is 9.05. The molecule has 2 heterocycles. The number of hydrogen-bond donors (Lipinski definition) is 2. The molecule has 0 saturated heterocycles. The lowest BCUT2D eigenvalue weighted by atomic mass is 10.1. The number of aromatic nitrogens is 3. The van der Waals surface area contributed by atoms with Crippen LogP contribution in [0.4, 0.5) is 0 Å². The van der Waals surface area contributed by atoms with Gasteiger partial charge in [0.15, 0.2) is 11.8 Å². The third-order valence-electron chi connectivity index (χ3n) is 4.67. The topological polar surface area (TPSA) is 76.4 Å². The number of guanidine groups is 1. The van der Waals surface area contributed by atoms with Crippen LogP contribution in [0.5, 0.6) is 0 Å². The fourth-order valence-corrected chi connectivity index (χ4v) is 3.99. The number of nitrogens with zero attached hydrogens (tertiary/aromatic N) is 4. The first kappa shape index (κ1) is 23.9. The maximum Gasteiger partial charge on any atom is 0.191 e. The van der Waals surface area contributed by atoms with E-state index in [0.717, 1.165) is 55.0 Å². The number of benzene rings is 1. The predicted octanol–water partition coefficient (Wildman–Crippen LogP) is 2.76. The molecule has 1 atom stereocenters. The second-order valence-electron chi connectivity index (χ2n) is 6.98. The number of aryl methyl sites for hydroxylation is 2. The summed E-state index contributed by atoms with van der Waals surface area (Å²) in [6.07, 6.45) is 1.94. The summed E-state index contributed by atoms with van der Waals surface area (Å²) in [7, 11) is 3.48. The highest BCUT2D eigenvalue weighted by molar-refractivity contribution is 14.0. The molecule has 0 bridgehead atoms. The van der Waals surface area contributed by atoms with Crippen LogP contribution in [-0.2, 0) is 30.1 Å². The molecular weight excluding hydrogens is 499 g/mol. The zero-order valence-electron chi connectivity index (χ0n) is 17.4. The van der Waals surface area contributed by atoms with Crippen molar-refractivity contribution in [1.29, 1.82) is 0 Å². The van der Waals surface area contributed by atoms with Crippen LogP contribution >= 0.6 is 35.7 Å². The molecule has 2 N–H and O–H groups in total. The highest BCUT2D eigenvalue weighted by Gasteiger charge is 2.22. The summed E-state index contributed by atoms with van der Waals surface area (Å²) in [6.45, 7) is 4.26. The summed E-state index contributed by atoms with van der Waals surface area (Å²) in [4.78, 5) is 8.88. The minimum Gasteiger partial charge on any atom is -0.377 e. The van der Waals surface area contributed by atoms with Crippen molar-refractivity contribution >= 4 is 41.7 Å². The van der Waals surface area contributed by atoms with Crippen molar-refractivity contribution in [2.24, 2.45) is 4.99 Å². The predicted molar refractivity (Wildman–Crippen MR) is 130 cm³/mol. The quantitative estimate of drug-likeness (QED) is 0.237. The Labute approximate surface area is 194 Å². The van der Waals surface area contributed by atoms with Gasteiger partial charge < -0.3 is 15.4 Å². The van der Waals surface area contributed by atoms with Gasteiger partial charge in [-0.25, -0.2) is 9.67 Å². The molecular formula is C20H31IN6OS. The van der Waals surface area contributed by atoms with E-state index in [1.165, 1.54) is 11.1 Å². The minimum absolute atomic E-state index is 0. The molecule has 0 amide bonds. The Kier molecular flexibility index (Phi) is 10.2. The van der Waals surface area contributed by atoms with E-state index in [1.54, 1.807) is 7.11 Å². The second kappa shape index (κ2) is 12.4. The number of thioether (sulfide) groups is 1. The van der Waals surface area contributed by atoms with E-state index in [4.69, 9.17) is 4.74 Å². The molecule has 0 fully saturated rings. The molecule has 3 rings (SSSR count). The Morgan fingerprint density at radius 3 is 2.86 bits per heavy atom. The van der Waals surface area contributed by atoms with Gasteiger partial charge in [-0.1, -0.05) is 29.8 Å². The molecule has 1 aromatic heterocycles. The van der Waals surface area contributed by atoms with Crippen LogP contribution in [-0.4, -0.2) is 53.2 Å². The molecule has 160 valence electrons. The molecule has 29 heavy (non-hydrogen) atoms. The molecule has 1 aromatic carbocycles. The first-order valence-electron chi connectivity index (χ1n) is 9.70. The van der Waals surface area contributed by atoms with Gasteiger partial charge in [0.2, 0.25) is 0 Å². The number of hydrogen-bond acceptors (Lipinski definition) is 5. The summed E-state index contributed by atoms with van der Waals surface area (Å²) in [5.41, 5.74) is 2.68. The number of aliphatic imine (C=N–C) groups is 1. The molecule has 0 spiro atoms. The van der Waals surface area contributed by atoms with Crippen molar-refractivity contribution < 1.29 is 4.74 Å². The number of halogens is 1. The lowest BCUT2D eigenvalue weighted by molar-refractivity contribution is 0.177. The molecule has 0 saturated carbocycles. The third kappa shape index (κ3) is 7.45. The molecule has 0 aliphatic carbocycles. The van der Waals surface area contributed by atoms with Crippen molar-refractivity contribution in [3.8, 4) is 0 Å². The van der Waals surface area contributed by atoms with Gasteiger partial charge in [-0.2, -0.15) is 16.9 Å². The van der Waals surface area contributed by atoms with Gasteiger partial charge in [0.25, 0.3) is 0 Å². The Morgan fingerprint density at radius 1 is 1.34 bits per heavy atom. The van der Waals surface area contributed by atoms with Crippen LogP contribution in [0.25, 0.3) is 0 Å². The van der Waals surface area contributed by atoms with Gasteiger partial charge in [-0.05, 0) is 18.9 Å². The second-order valence-corrected chi connectivity index (χ2v) is 8.08. The summed E-state index contributed by atoms with van der Waals surface area (Å²) < 4.78 is 7.11. The van der Waals surface area contributed by atoms with Crippen molar-refractivity contribution in [3.63, 3.8) is 0 Å². The first-order chi connectivity index (χ1) is 13.7. The van der Waals surface area contributed by atoms with Crippen LogP contribution in [0.2, 0.25) is 0 Å². The van der Waals surface area contributed by atoms with Crippen LogP contribution in [0.3, 0.4) is 0 Å². The van der Waals surface area contributed by atoms with Crippen molar-refractivity contribution in [3.05, 3.63) is 47.0 Å². The molecule has 1 aliphatic rings.